The first-order valence-corrected chi connectivity index (χ1v) is 24.6. The van der Waals surface area contributed by atoms with E-state index in [-0.39, 0.29) is 11.9 Å². The molecule has 0 bridgehead atoms. The highest BCUT2D eigenvalue weighted by Crippen LogP contribution is 2.26. The van der Waals surface area contributed by atoms with E-state index in [1.165, 1.54) is 64.9 Å². The second-order valence-corrected chi connectivity index (χ2v) is 18.2. The van der Waals surface area contributed by atoms with Crippen LogP contribution in [0.1, 0.15) is 78.1 Å². The van der Waals surface area contributed by atoms with E-state index in [4.69, 9.17) is 4.74 Å². The van der Waals surface area contributed by atoms with Crippen LogP contribution in [0.15, 0.2) is 194 Å². The summed E-state index contributed by atoms with van der Waals surface area (Å²) in [5, 5.41) is 3.75. The summed E-state index contributed by atoms with van der Waals surface area (Å²) in [5.74, 6) is 0.913. The van der Waals surface area contributed by atoms with E-state index in [9.17, 15) is 4.79 Å². The molecular formula is C61H68N4O2. The summed E-state index contributed by atoms with van der Waals surface area (Å²) in [6.45, 7) is 10.8. The number of rotatable bonds is 17. The van der Waals surface area contributed by atoms with Gasteiger partial charge < -0.3 is 15.0 Å². The van der Waals surface area contributed by atoms with Crippen LogP contribution in [0.2, 0.25) is 0 Å². The van der Waals surface area contributed by atoms with Gasteiger partial charge in [-0.25, -0.2) is 0 Å². The maximum atomic E-state index is 14.0. The molecule has 1 N–H and O–H groups in total. The zero-order valence-corrected chi connectivity index (χ0v) is 39.4. The van der Waals surface area contributed by atoms with Gasteiger partial charge in [-0.3, -0.25) is 14.6 Å². The summed E-state index contributed by atoms with van der Waals surface area (Å²) in [6, 6.07) is 68.6. The van der Waals surface area contributed by atoms with Crippen LogP contribution in [0.5, 0.6) is 5.75 Å². The lowest BCUT2D eigenvalue weighted by atomic mass is 9.99. The number of carbonyl (C=O) groups is 1. The normalized spacial score (nSPS) is 14.8. The first kappa shape index (κ1) is 47.2. The minimum atomic E-state index is 0.0914. The highest BCUT2D eigenvalue weighted by Gasteiger charge is 2.29. The topological polar surface area (TPSA) is 48.1 Å². The molecule has 2 aliphatic heterocycles. The van der Waals surface area contributed by atoms with Gasteiger partial charge in [0.1, 0.15) is 5.75 Å². The van der Waals surface area contributed by atoms with E-state index in [0.717, 1.165) is 75.3 Å². The van der Waals surface area contributed by atoms with Gasteiger partial charge in [-0.05, 0) is 114 Å². The van der Waals surface area contributed by atoms with Crippen LogP contribution in [0.4, 0.5) is 0 Å². The molecule has 0 unspecified atom stereocenters. The van der Waals surface area contributed by atoms with Gasteiger partial charge >= 0.3 is 0 Å². The molecule has 0 spiro atoms. The molecular weight excluding hydrogens is 821 g/mol. The second-order valence-electron chi connectivity index (χ2n) is 18.2. The Morgan fingerprint density at radius 3 is 1.46 bits per heavy atom. The van der Waals surface area contributed by atoms with E-state index in [2.05, 4.69) is 191 Å². The molecule has 6 nitrogen and oxygen atoms in total. The molecule has 7 aromatic rings. The van der Waals surface area contributed by atoms with Crippen molar-refractivity contribution in [1.82, 2.24) is 20.0 Å². The molecule has 2 aliphatic rings. The van der Waals surface area contributed by atoms with Gasteiger partial charge in [-0.15, -0.1) is 0 Å². The van der Waals surface area contributed by atoms with Crippen molar-refractivity contribution in [3.05, 3.63) is 222 Å². The lowest BCUT2D eigenvalue weighted by molar-refractivity contribution is 0.0543. The van der Waals surface area contributed by atoms with Crippen LogP contribution < -0.4 is 10.1 Å². The van der Waals surface area contributed by atoms with E-state index in [1.54, 1.807) is 0 Å². The molecule has 0 aliphatic carbocycles. The van der Waals surface area contributed by atoms with Crippen molar-refractivity contribution < 1.29 is 9.53 Å². The predicted molar refractivity (Wildman–Crippen MR) is 277 cm³/mol. The summed E-state index contributed by atoms with van der Waals surface area (Å²) in [4.78, 5) is 21.1. The number of benzene rings is 7. The van der Waals surface area contributed by atoms with Crippen molar-refractivity contribution in [3.8, 4) is 28.0 Å². The Balaban J connectivity index is 0.000000196. The molecule has 0 aromatic heterocycles. The van der Waals surface area contributed by atoms with Gasteiger partial charge in [0.05, 0.1) is 6.61 Å². The monoisotopic (exact) mass is 889 g/mol. The predicted octanol–water partition coefficient (Wildman–Crippen LogP) is 12.9. The maximum Gasteiger partial charge on any atom is 0.254 e. The first-order chi connectivity index (χ1) is 33.1. The third kappa shape index (κ3) is 14.3. The minimum absolute atomic E-state index is 0.0914. The molecule has 0 radical (unpaired) electrons. The fourth-order valence-corrected chi connectivity index (χ4v) is 9.27. The Morgan fingerprint density at radius 1 is 0.522 bits per heavy atom. The van der Waals surface area contributed by atoms with E-state index in [1.807, 2.05) is 30.3 Å². The van der Waals surface area contributed by atoms with Crippen LogP contribution in [-0.2, 0) is 26.2 Å². The number of nitrogens with zero attached hydrogens (tertiary/aromatic N) is 3. The SMILES string of the molecule is CCCCOc1ccc(C(=O)N(Cc2ccc(-c3ccccc3)cc2)C2CCN(Cc3ccccc3)CC2)cc1.c1ccc(CN2CCC(NCc3ccc(-c4ccccc4)cc3)CC2)cc1. The summed E-state index contributed by atoms with van der Waals surface area (Å²) >= 11 is 0. The second kappa shape index (κ2) is 25.0. The molecule has 0 saturated carbocycles. The quantitative estimate of drug-likeness (QED) is 0.0923. The van der Waals surface area contributed by atoms with E-state index >= 15 is 0 Å². The van der Waals surface area contributed by atoms with Crippen LogP contribution in [0.25, 0.3) is 22.3 Å². The van der Waals surface area contributed by atoms with Gasteiger partial charge in [0, 0.05) is 56.9 Å². The third-order valence-corrected chi connectivity index (χ3v) is 13.3. The fourth-order valence-electron chi connectivity index (χ4n) is 9.27. The summed E-state index contributed by atoms with van der Waals surface area (Å²) in [7, 11) is 0. The lowest BCUT2D eigenvalue weighted by Gasteiger charge is -2.39. The largest absolute Gasteiger partial charge is 0.494 e. The van der Waals surface area contributed by atoms with Gasteiger partial charge in [-0.1, -0.05) is 183 Å². The number of unbranched alkanes of at least 4 members (excludes halogenated alkanes) is 1. The molecule has 1 amide bonds. The Kier molecular flexibility index (Phi) is 17.6. The number of piperidine rings is 2. The molecule has 6 heteroatoms. The van der Waals surface area contributed by atoms with E-state index in [0.29, 0.717) is 19.2 Å². The zero-order valence-electron chi connectivity index (χ0n) is 39.4. The Bertz CT molecular complexity index is 2470. The molecule has 2 heterocycles. The molecule has 344 valence electrons. The van der Waals surface area contributed by atoms with Gasteiger partial charge in [0.2, 0.25) is 0 Å². The standard InChI is InChI=1S/C36H40N2O2.C25H28N2/c1-2-3-26-40-35-20-18-33(19-21-35)36(39)38(28-30-14-16-32(17-15-30)31-12-8-5-9-13-31)34-22-24-37(25-23-34)27-29-10-6-4-7-11-29;1-3-7-22(8-4-1)20-27-17-15-25(16-18-27)26-19-21-11-13-24(14-12-21)23-9-5-2-6-10-23/h4-21,34H,2-3,22-28H2,1H3;1-14,25-26H,15-20H2. The van der Waals surface area contributed by atoms with Crippen molar-refractivity contribution in [3.63, 3.8) is 0 Å². The molecule has 2 saturated heterocycles. The van der Waals surface area contributed by atoms with Gasteiger partial charge in [-0.2, -0.15) is 0 Å². The van der Waals surface area contributed by atoms with Crippen molar-refractivity contribution in [2.45, 2.75) is 83.7 Å². The van der Waals surface area contributed by atoms with Crippen LogP contribution in [0.3, 0.4) is 0 Å². The number of hydrogen-bond donors (Lipinski definition) is 1. The number of hydrogen-bond acceptors (Lipinski definition) is 5. The molecule has 7 aromatic carbocycles. The van der Waals surface area contributed by atoms with Crippen molar-refractivity contribution in [2.24, 2.45) is 0 Å². The van der Waals surface area contributed by atoms with Crippen LogP contribution >= 0.6 is 0 Å². The van der Waals surface area contributed by atoms with E-state index < -0.39 is 0 Å². The number of likely N-dealkylation sites (tertiary alicyclic amines) is 2. The van der Waals surface area contributed by atoms with Gasteiger partial charge in [0.15, 0.2) is 0 Å². The third-order valence-electron chi connectivity index (χ3n) is 13.3. The highest BCUT2D eigenvalue weighted by atomic mass is 16.5. The lowest BCUT2D eigenvalue weighted by Crippen LogP contribution is -2.46. The zero-order chi connectivity index (χ0) is 45.9. The number of nitrogens with one attached hydrogen (secondary N) is 1. The number of carbonyl (C=O) groups excluding carboxylic acids is 1. The fraction of sp³-hybridized carbons (Fsp3) is 0.295. The Labute approximate surface area is 400 Å². The molecule has 2 fully saturated rings. The maximum absolute atomic E-state index is 14.0. The van der Waals surface area contributed by atoms with Crippen molar-refractivity contribution in [1.29, 1.82) is 0 Å². The average Bonchev–Trinajstić information content (AvgIpc) is 3.40. The molecule has 67 heavy (non-hydrogen) atoms. The highest BCUT2D eigenvalue weighted by molar-refractivity contribution is 5.94. The molecule has 9 rings (SSSR count). The van der Waals surface area contributed by atoms with Crippen molar-refractivity contribution in [2.75, 3.05) is 32.8 Å². The number of ether oxygens (including phenoxy) is 1. The van der Waals surface area contributed by atoms with Gasteiger partial charge in [0.25, 0.3) is 5.91 Å². The smallest absolute Gasteiger partial charge is 0.254 e. The summed E-state index contributed by atoms with van der Waals surface area (Å²) in [5.41, 5.74) is 11.0. The summed E-state index contributed by atoms with van der Waals surface area (Å²) < 4.78 is 5.83. The Morgan fingerprint density at radius 2 is 0.970 bits per heavy atom. The van der Waals surface area contributed by atoms with Crippen molar-refractivity contribution >= 4 is 5.91 Å². The summed E-state index contributed by atoms with van der Waals surface area (Å²) in [6.07, 6.45) is 6.53. The average molecular weight is 889 g/mol. The van der Waals surface area contributed by atoms with Crippen LogP contribution in [0, 0.1) is 0 Å². The number of amides is 1. The Hall–Kier alpha value is -6.31. The molecule has 0 atom stereocenters. The first-order valence-electron chi connectivity index (χ1n) is 24.6. The van der Waals surface area contributed by atoms with Crippen LogP contribution in [-0.4, -0.2) is 65.5 Å². The minimum Gasteiger partial charge on any atom is -0.494 e.